The molecule has 1 aromatic heterocycles. The Hall–Kier alpha value is -1.82. The van der Waals surface area contributed by atoms with Gasteiger partial charge in [0, 0.05) is 19.2 Å². The number of hydrogen-bond donors (Lipinski definition) is 2. The zero-order valence-electron chi connectivity index (χ0n) is 11.3. The number of carbonyl (C=O) groups excluding carboxylic acids is 1. The van der Waals surface area contributed by atoms with Crippen LogP contribution in [0.4, 0.5) is 0 Å². The second kappa shape index (κ2) is 7.09. The summed E-state index contributed by atoms with van der Waals surface area (Å²) >= 11 is 0. The Bertz CT molecular complexity index is 462. The Morgan fingerprint density at radius 1 is 1.40 bits per heavy atom. The molecule has 1 aromatic rings. The second-order valence-corrected chi connectivity index (χ2v) is 4.89. The van der Waals surface area contributed by atoms with Crippen molar-refractivity contribution in [3.05, 3.63) is 23.7 Å². The van der Waals surface area contributed by atoms with E-state index in [0.717, 1.165) is 38.6 Å². The van der Waals surface area contributed by atoms with E-state index in [0.29, 0.717) is 12.6 Å². The molecule has 20 heavy (non-hydrogen) atoms. The molecule has 1 atom stereocenters. The third-order valence-corrected chi connectivity index (χ3v) is 3.33. The maximum absolute atomic E-state index is 11.7. The zero-order chi connectivity index (χ0) is 14.4. The van der Waals surface area contributed by atoms with E-state index in [1.54, 1.807) is 0 Å². The molecule has 2 rings (SSSR count). The van der Waals surface area contributed by atoms with E-state index >= 15 is 0 Å². The van der Waals surface area contributed by atoms with E-state index in [9.17, 15) is 9.59 Å². The maximum atomic E-state index is 11.7. The van der Waals surface area contributed by atoms with Crippen molar-refractivity contribution in [3.63, 3.8) is 0 Å². The van der Waals surface area contributed by atoms with E-state index in [4.69, 9.17) is 14.3 Å². The van der Waals surface area contributed by atoms with Crippen LogP contribution < -0.4 is 5.32 Å². The fourth-order valence-corrected chi connectivity index (χ4v) is 2.22. The van der Waals surface area contributed by atoms with Crippen molar-refractivity contribution in [1.29, 1.82) is 0 Å². The van der Waals surface area contributed by atoms with Crippen molar-refractivity contribution in [2.24, 2.45) is 0 Å². The molecule has 1 aliphatic rings. The molecule has 1 unspecified atom stereocenters. The Balaban J connectivity index is 1.67. The molecule has 0 spiro atoms. The van der Waals surface area contributed by atoms with E-state index < -0.39 is 5.97 Å². The summed E-state index contributed by atoms with van der Waals surface area (Å²) in [7, 11) is 0. The number of carboxylic acids is 1. The summed E-state index contributed by atoms with van der Waals surface area (Å²) in [6.45, 7) is 1.36. The minimum atomic E-state index is -1.11. The summed E-state index contributed by atoms with van der Waals surface area (Å²) in [5.74, 6) is -1.47. The molecule has 2 heterocycles. The Morgan fingerprint density at radius 2 is 2.25 bits per heavy atom. The van der Waals surface area contributed by atoms with Gasteiger partial charge in [0.2, 0.25) is 0 Å². The van der Waals surface area contributed by atoms with Gasteiger partial charge in [0.1, 0.15) is 6.26 Å². The van der Waals surface area contributed by atoms with Crippen LogP contribution in [-0.2, 0) is 4.74 Å². The number of aromatic carboxylic acids is 1. The number of nitrogens with one attached hydrogen (secondary N) is 1. The van der Waals surface area contributed by atoms with Crippen molar-refractivity contribution >= 4 is 11.9 Å². The highest BCUT2D eigenvalue weighted by molar-refractivity contribution is 5.95. The standard InChI is InChI=1S/C14H19NO5/c16-13(12-8-10(9-20-12)14(17)18)15-6-3-5-11-4-1-2-7-19-11/h8-9,11H,1-7H2,(H,15,16)(H,17,18). The van der Waals surface area contributed by atoms with Crippen LogP contribution in [0.5, 0.6) is 0 Å². The molecule has 6 nitrogen and oxygen atoms in total. The number of carbonyl (C=O) groups is 2. The lowest BCUT2D eigenvalue weighted by molar-refractivity contribution is 0.0102. The fourth-order valence-electron chi connectivity index (χ4n) is 2.22. The Labute approximate surface area is 117 Å². The fraction of sp³-hybridized carbons (Fsp3) is 0.571. The summed E-state index contributed by atoms with van der Waals surface area (Å²) in [6.07, 6.45) is 6.57. The molecule has 1 saturated heterocycles. The lowest BCUT2D eigenvalue weighted by Gasteiger charge is -2.22. The van der Waals surface area contributed by atoms with Gasteiger partial charge in [0.25, 0.3) is 5.91 Å². The minimum absolute atomic E-state index is 0.0224. The molecule has 0 bridgehead atoms. The smallest absolute Gasteiger partial charge is 0.338 e. The Morgan fingerprint density at radius 3 is 2.90 bits per heavy atom. The summed E-state index contributed by atoms with van der Waals surface area (Å²) in [6, 6.07) is 1.22. The van der Waals surface area contributed by atoms with Crippen LogP contribution >= 0.6 is 0 Å². The highest BCUT2D eigenvalue weighted by Crippen LogP contribution is 2.16. The Kier molecular flexibility index (Phi) is 5.17. The molecule has 0 aliphatic carbocycles. The molecular weight excluding hydrogens is 262 g/mol. The number of furan rings is 1. The first-order chi connectivity index (χ1) is 9.66. The summed E-state index contributed by atoms with van der Waals surface area (Å²) in [5.41, 5.74) is -0.0224. The highest BCUT2D eigenvalue weighted by Gasteiger charge is 2.15. The van der Waals surface area contributed by atoms with Crippen LogP contribution in [0.1, 0.15) is 53.0 Å². The SMILES string of the molecule is O=C(O)c1coc(C(=O)NCCCC2CCCCO2)c1. The minimum Gasteiger partial charge on any atom is -0.478 e. The van der Waals surface area contributed by atoms with E-state index in [1.165, 1.54) is 12.5 Å². The van der Waals surface area contributed by atoms with Crippen molar-refractivity contribution in [1.82, 2.24) is 5.32 Å². The number of carboxylic acid groups (broad SMARTS) is 1. The van der Waals surface area contributed by atoms with Crippen LogP contribution in [0, 0.1) is 0 Å². The molecule has 110 valence electrons. The second-order valence-electron chi connectivity index (χ2n) is 4.89. The predicted octanol–water partition coefficient (Wildman–Crippen LogP) is 2.06. The third-order valence-electron chi connectivity index (χ3n) is 3.33. The zero-order valence-corrected chi connectivity index (χ0v) is 11.3. The van der Waals surface area contributed by atoms with Crippen molar-refractivity contribution in [2.45, 2.75) is 38.2 Å². The van der Waals surface area contributed by atoms with Gasteiger partial charge in [-0.2, -0.15) is 0 Å². The van der Waals surface area contributed by atoms with Gasteiger partial charge < -0.3 is 19.6 Å². The lowest BCUT2D eigenvalue weighted by Crippen LogP contribution is -2.26. The number of ether oxygens (including phenoxy) is 1. The molecule has 1 aliphatic heterocycles. The van der Waals surface area contributed by atoms with E-state index in [1.807, 2.05) is 0 Å². The molecule has 0 aromatic carbocycles. The van der Waals surface area contributed by atoms with Gasteiger partial charge in [0.15, 0.2) is 5.76 Å². The average molecular weight is 281 g/mol. The molecular formula is C14H19NO5. The predicted molar refractivity (Wildman–Crippen MR) is 70.8 cm³/mol. The highest BCUT2D eigenvalue weighted by atomic mass is 16.5. The maximum Gasteiger partial charge on any atom is 0.338 e. The summed E-state index contributed by atoms with van der Waals surface area (Å²) < 4.78 is 10.5. The van der Waals surface area contributed by atoms with E-state index in [2.05, 4.69) is 5.32 Å². The summed E-state index contributed by atoms with van der Waals surface area (Å²) in [4.78, 5) is 22.4. The normalized spacial score (nSPS) is 18.7. The van der Waals surface area contributed by atoms with Gasteiger partial charge in [-0.3, -0.25) is 4.79 Å². The first-order valence-corrected chi connectivity index (χ1v) is 6.88. The van der Waals surface area contributed by atoms with Gasteiger partial charge in [-0.1, -0.05) is 0 Å². The number of amides is 1. The van der Waals surface area contributed by atoms with Crippen LogP contribution in [0.25, 0.3) is 0 Å². The molecule has 6 heteroatoms. The largest absolute Gasteiger partial charge is 0.478 e. The molecule has 1 fully saturated rings. The quantitative estimate of drug-likeness (QED) is 0.779. The topological polar surface area (TPSA) is 88.8 Å². The average Bonchev–Trinajstić information content (AvgIpc) is 2.94. The van der Waals surface area contributed by atoms with Gasteiger partial charge in [0.05, 0.1) is 11.7 Å². The first-order valence-electron chi connectivity index (χ1n) is 6.88. The van der Waals surface area contributed by atoms with Crippen LogP contribution in [0.2, 0.25) is 0 Å². The van der Waals surface area contributed by atoms with Gasteiger partial charge in [-0.05, 0) is 32.1 Å². The van der Waals surface area contributed by atoms with Crippen LogP contribution in [-0.4, -0.2) is 36.2 Å². The van der Waals surface area contributed by atoms with Crippen molar-refractivity contribution in [2.75, 3.05) is 13.2 Å². The third kappa shape index (κ3) is 4.09. The van der Waals surface area contributed by atoms with Crippen molar-refractivity contribution in [3.8, 4) is 0 Å². The van der Waals surface area contributed by atoms with Crippen LogP contribution in [0.3, 0.4) is 0 Å². The lowest BCUT2D eigenvalue weighted by atomic mass is 10.0. The summed E-state index contributed by atoms with van der Waals surface area (Å²) in [5, 5.41) is 11.4. The molecule has 1 amide bonds. The number of hydrogen-bond acceptors (Lipinski definition) is 4. The number of rotatable bonds is 6. The molecule has 0 radical (unpaired) electrons. The first kappa shape index (κ1) is 14.6. The van der Waals surface area contributed by atoms with Gasteiger partial charge in [-0.15, -0.1) is 0 Å². The molecule has 2 N–H and O–H groups in total. The monoisotopic (exact) mass is 281 g/mol. The molecule has 0 saturated carbocycles. The van der Waals surface area contributed by atoms with Crippen molar-refractivity contribution < 1.29 is 23.8 Å². The van der Waals surface area contributed by atoms with Gasteiger partial charge >= 0.3 is 5.97 Å². The van der Waals surface area contributed by atoms with Gasteiger partial charge in [-0.25, -0.2) is 4.79 Å². The van der Waals surface area contributed by atoms with E-state index in [-0.39, 0.29) is 17.2 Å². The van der Waals surface area contributed by atoms with Crippen LogP contribution in [0.15, 0.2) is 16.7 Å².